The third kappa shape index (κ3) is 5.39. The van der Waals surface area contributed by atoms with Gasteiger partial charge < -0.3 is 19.5 Å². The molecule has 9 heteroatoms. The molecule has 208 valence electrons. The zero-order valence-corrected chi connectivity index (χ0v) is 22.9. The van der Waals surface area contributed by atoms with Gasteiger partial charge in [0, 0.05) is 43.7 Å². The number of aliphatic hydroxyl groups is 1. The molecule has 0 unspecified atom stereocenters. The predicted molar refractivity (Wildman–Crippen MR) is 152 cm³/mol. The Morgan fingerprint density at radius 2 is 1.80 bits per heavy atom. The minimum Gasteiger partial charge on any atom is -0.494 e. The molecular weight excluding hydrogens is 528 g/mol. The number of amides is 1. The Morgan fingerprint density at radius 1 is 1.07 bits per heavy atom. The lowest BCUT2D eigenvalue weighted by atomic mass is 9.84. The van der Waals surface area contributed by atoms with Crippen LogP contribution < -0.4 is 4.74 Å². The van der Waals surface area contributed by atoms with E-state index in [1.54, 1.807) is 53.4 Å². The zero-order valence-electron chi connectivity index (χ0n) is 22.1. The Morgan fingerprint density at radius 3 is 2.52 bits per heavy atom. The minimum absolute atomic E-state index is 0.0146. The van der Waals surface area contributed by atoms with Gasteiger partial charge in [-0.2, -0.15) is 0 Å². The van der Waals surface area contributed by atoms with E-state index in [-0.39, 0.29) is 42.7 Å². The quantitative estimate of drug-likeness (QED) is 0.280. The maximum atomic E-state index is 14.3. The minimum atomic E-state index is -3.60. The number of carbonyl (C=O) groups excluding carboxylic acids is 1. The van der Waals surface area contributed by atoms with Gasteiger partial charge in [-0.25, -0.2) is 13.4 Å². The summed E-state index contributed by atoms with van der Waals surface area (Å²) in [6.45, 7) is 4.62. The van der Waals surface area contributed by atoms with Crippen molar-refractivity contribution in [3.8, 4) is 5.75 Å². The number of ether oxygens (including phenoxy) is 2. The topological polar surface area (TPSA) is 106 Å². The van der Waals surface area contributed by atoms with Crippen molar-refractivity contribution in [1.82, 2.24) is 4.90 Å². The van der Waals surface area contributed by atoms with Crippen LogP contribution >= 0.6 is 0 Å². The van der Waals surface area contributed by atoms with Gasteiger partial charge in [-0.3, -0.25) is 4.79 Å². The molecule has 0 aromatic heterocycles. The first kappa shape index (κ1) is 27.6. The summed E-state index contributed by atoms with van der Waals surface area (Å²) < 4.78 is 38.2. The number of aliphatic imine (C=N–C) groups is 1. The molecule has 0 bridgehead atoms. The molecule has 40 heavy (non-hydrogen) atoms. The van der Waals surface area contributed by atoms with E-state index in [1.807, 2.05) is 36.4 Å². The number of fused-ring (bicyclic) bond motifs is 3. The molecule has 1 N–H and O–H groups in total. The molecule has 2 atom stereocenters. The number of rotatable bonds is 11. The zero-order chi connectivity index (χ0) is 28.2. The fourth-order valence-corrected chi connectivity index (χ4v) is 6.41. The number of sulfone groups is 1. The van der Waals surface area contributed by atoms with E-state index >= 15 is 0 Å². The second kappa shape index (κ2) is 11.7. The van der Waals surface area contributed by atoms with Crippen molar-refractivity contribution in [2.24, 2.45) is 4.99 Å². The van der Waals surface area contributed by atoms with Crippen LogP contribution in [0, 0.1) is 0 Å². The second-order valence-corrected chi connectivity index (χ2v) is 11.9. The van der Waals surface area contributed by atoms with E-state index in [1.165, 1.54) is 0 Å². The molecule has 2 aliphatic heterocycles. The van der Waals surface area contributed by atoms with Gasteiger partial charge in [0.2, 0.25) is 5.90 Å². The third-order valence-electron chi connectivity index (χ3n) is 7.18. The maximum absolute atomic E-state index is 14.3. The van der Waals surface area contributed by atoms with Crippen LogP contribution in [-0.2, 0) is 25.9 Å². The molecule has 1 amide bonds. The smallest absolute Gasteiger partial charge is 0.255 e. The largest absolute Gasteiger partial charge is 0.494 e. The molecule has 5 rings (SSSR count). The Bertz CT molecular complexity index is 1500. The van der Waals surface area contributed by atoms with E-state index in [0.29, 0.717) is 30.2 Å². The molecule has 2 aliphatic rings. The van der Waals surface area contributed by atoms with Crippen molar-refractivity contribution >= 4 is 21.6 Å². The van der Waals surface area contributed by atoms with E-state index < -0.39 is 21.5 Å². The molecule has 8 nitrogen and oxygen atoms in total. The van der Waals surface area contributed by atoms with Crippen molar-refractivity contribution in [2.75, 3.05) is 25.5 Å². The lowest BCUT2D eigenvalue weighted by Gasteiger charge is -2.31. The Hall–Kier alpha value is -3.95. The molecule has 0 aliphatic carbocycles. The molecule has 0 saturated carbocycles. The molecule has 0 saturated heterocycles. The summed E-state index contributed by atoms with van der Waals surface area (Å²) in [5.41, 5.74) is 1.09. The highest BCUT2D eigenvalue weighted by Gasteiger charge is 2.56. The normalized spacial score (nSPS) is 20.1. The van der Waals surface area contributed by atoms with Gasteiger partial charge in [0.15, 0.2) is 21.5 Å². The molecule has 0 radical (unpaired) electrons. The number of carbonyl (C=O) groups is 1. The summed E-state index contributed by atoms with van der Waals surface area (Å²) in [7, 11) is -3.60. The fraction of sp³-hybridized carbons (Fsp3) is 0.290. The van der Waals surface area contributed by atoms with Gasteiger partial charge in [0.1, 0.15) is 5.75 Å². The van der Waals surface area contributed by atoms with E-state index in [9.17, 15) is 13.2 Å². The highest BCUT2D eigenvalue weighted by Crippen LogP contribution is 2.46. The van der Waals surface area contributed by atoms with Gasteiger partial charge >= 0.3 is 0 Å². The summed E-state index contributed by atoms with van der Waals surface area (Å²) >= 11 is 0. The fourth-order valence-electron chi connectivity index (χ4n) is 5.14. The van der Waals surface area contributed by atoms with E-state index in [2.05, 4.69) is 6.58 Å². The Kier molecular flexibility index (Phi) is 8.04. The molecular formula is C31H32N2O6S. The van der Waals surface area contributed by atoms with Crippen LogP contribution in [0.2, 0.25) is 0 Å². The van der Waals surface area contributed by atoms with Gasteiger partial charge in [-0.05, 0) is 42.0 Å². The van der Waals surface area contributed by atoms with E-state index in [0.717, 1.165) is 11.1 Å². The summed E-state index contributed by atoms with van der Waals surface area (Å²) in [4.78, 5) is 21.0. The standard InChI is InChI=1S/C31H32N2O6S/c1-2-17-31-28(39-29(32-31)23-13-15-25(16-14-23)38-20-8-19-34)27-12-7-6-9-24(27)22-33(30(31)35)18-21-40(36,37)26-10-4-3-5-11-26/h2-7,9-16,28,34H,1,8,17-22H2/t28-,31-/m1/s1. The number of benzene rings is 3. The Labute approximate surface area is 234 Å². The summed E-state index contributed by atoms with van der Waals surface area (Å²) in [6, 6.07) is 23.2. The van der Waals surface area contributed by atoms with Crippen LogP contribution in [0.25, 0.3) is 0 Å². The maximum Gasteiger partial charge on any atom is 0.255 e. The number of aliphatic hydroxyl groups excluding tert-OH is 1. The highest BCUT2D eigenvalue weighted by molar-refractivity contribution is 7.91. The van der Waals surface area contributed by atoms with Crippen LogP contribution in [0.5, 0.6) is 5.75 Å². The summed E-state index contributed by atoms with van der Waals surface area (Å²) in [6.07, 6.45) is 1.72. The van der Waals surface area contributed by atoms with Crippen molar-refractivity contribution in [1.29, 1.82) is 0 Å². The Balaban J connectivity index is 1.48. The molecule has 3 aromatic rings. The first-order valence-electron chi connectivity index (χ1n) is 13.2. The second-order valence-electron chi connectivity index (χ2n) is 9.84. The number of hydrogen-bond donors (Lipinski definition) is 1. The highest BCUT2D eigenvalue weighted by atomic mass is 32.2. The van der Waals surface area contributed by atoms with Gasteiger partial charge in [-0.1, -0.05) is 48.5 Å². The van der Waals surface area contributed by atoms with Crippen LogP contribution in [0.1, 0.15) is 35.6 Å². The van der Waals surface area contributed by atoms with E-state index in [4.69, 9.17) is 19.6 Å². The van der Waals surface area contributed by atoms with Crippen LogP contribution in [0.4, 0.5) is 0 Å². The predicted octanol–water partition coefficient (Wildman–Crippen LogP) is 4.10. The number of hydrogen-bond acceptors (Lipinski definition) is 7. The third-order valence-corrected chi connectivity index (χ3v) is 8.89. The summed E-state index contributed by atoms with van der Waals surface area (Å²) in [5.74, 6) is 0.471. The SMILES string of the molecule is C=CC[C@@]12N=C(c3ccc(OCCCO)cc3)O[C@@H]1c1ccccc1CN(CCS(=O)(=O)c1ccccc1)C2=O. The van der Waals surface area contributed by atoms with Gasteiger partial charge in [0.25, 0.3) is 5.91 Å². The molecule has 0 fully saturated rings. The average molecular weight is 561 g/mol. The molecule has 2 heterocycles. The monoisotopic (exact) mass is 560 g/mol. The van der Waals surface area contributed by atoms with Crippen LogP contribution in [0.3, 0.4) is 0 Å². The lowest BCUT2D eigenvalue weighted by molar-refractivity contribution is -0.139. The number of nitrogens with zero attached hydrogens (tertiary/aromatic N) is 2. The van der Waals surface area contributed by atoms with Crippen molar-refractivity contribution in [2.45, 2.75) is 35.9 Å². The first-order chi connectivity index (χ1) is 19.4. The molecule has 3 aromatic carbocycles. The van der Waals surface area contributed by atoms with Gasteiger partial charge in [0.05, 0.1) is 17.3 Å². The van der Waals surface area contributed by atoms with Crippen molar-refractivity contribution < 1.29 is 27.8 Å². The first-order valence-corrected chi connectivity index (χ1v) is 14.9. The van der Waals surface area contributed by atoms with Gasteiger partial charge in [-0.15, -0.1) is 6.58 Å². The molecule has 0 spiro atoms. The van der Waals surface area contributed by atoms with Crippen molar-refractivity contribution in [3.05, 3.63) is 108 Å². The van der Waals surface area contributed by atoms with Crippen molar-refractivity contribution in [3.63, 3.8) is 0 Å². The average Bonchev–Trinajstić information content (AvgIpc) is 3.32. The summed E-state index contributed by atoms with van der Waals surface area (Å²) in [5, 5.41) is 8.98. The lowest BCUT2D eigenvalue weighted by Crippen LogP contribution is -2.49. The van der Waals surface area contributed by atoms with Crippen LogP contribution in [0.15, 0.2) is 101 Å². The van der Waals surface area contributed by atoms with Crippen LogP contribution in [-0.4, -0.2) is 61.3 Å².